The van der Waals surface area contributed by atoms with Gasteiger partial charge < -0.3 is 16.2 Å². The van der Waals surface area contributed by atoms with Crippen molar-refractivity contribution in [3.63, 3.8) is 0 Å². The minimum Gasteiger partial charge on any atom is -0.481 e. The van der Waals surface area contributed by atoms with E-state index in [0.717, 1.165) is 27.8 Å². The van der Waals surface area contributed by atoms with Gasteiger partial charge in [0.05, 0.1) is 6.42 Å². The zero-order chi connectivity index (χ0) is 15.5. The summed E-state index contributed by atoms with van der Waals surface area (Å²) < 4.78 is 0. The van der Waals surface area contributed by atoms with Gasteiger partial charge in [0.2, 0.25) is 0 Å². The molecule has 22 heavy (non-hydrogen) atoms. The highest BCUT2D eigenvalue weighted by molar-refractivity contribution is 5.95. The van der Waals surface area contributed by atoms with Gasteiger partial charge in [0.25, 0.3) is 0 Å². The Kier molecular flexibility index (Phi) is 3.62. The van der Waals surface area contributed by atoms with Crippen molar-refractivity contribution in [3.05, 3.63) is 60.3 Å². The summed E-state index contributed by atoms with van der Waals surface area (Å²) in [5.41, 5.74) is 8.12. The molecule has 0 amide bonds. The molecular formula is C17H15N3O2. The van der Waals surface area contributed by atoms with Crippen LogP contribution in [0, 0.1) is 0 Å². The Labute approximate surface area is 127 Å². The Hall–Kier alpha value is -3.08. The normalized spacial score (nSPS) is 10.5. The Morgan fingerprint density at radius 1 is 1.14 bits per heavy atom. The van der Waals surface area contributed by atoms with E-state index in [0.29, 0.717) is 5.69 Å². The van der Waals surface area contributed by atoms with E-state index < -0.39 is 5.97 Å². The second kappa shape index (κ2) is 5.73. The molecule has 5 nitrogen and oxygen atoms in total. The van der Waals surface area contributed by atoms with Crippen LogP contribution >= 0.6 is 0 Å². The summed E-state index contributed by atoms with van der Waals surface area (Å²) in [7, 11) is 0. The van der Waals surface area contributed by atoms with Crippen LogP contribution in [0.3, 0.4) is 0 Å². The number of nitrogens with zero attached hydrogens (tertiary/aromatic N) is 1. The minimum absolute atomic E-state index is 0.0172. The van der Waals surface area contributed by atoms with Gasteiger partial charge in [-0.05, 0) is 41.3 Å². The number of nitrogen functional groups attached to an aromatic ring is 1. The molecule has 0 aliphatic heterocycles. The number of nitrogens with two attached hydrogens (primary N) is 1. The molecule has 0 aliphatic carbocycles. The number of carbonyl (C=O) groups is 1. The fraction of sp³-hybridized carbons (Fsp3) is 0.0588. The number of nitrogens with one attached hydrogen (secondary N) is 1. The summed E-state index contributed by atoms with van der Waals surface area (Å²) in [4.78, 5) is 15.0. The average Bonchev–Trinajstić information content (AvgIpc) is 2.49. The molecule has 1 aromatic heterocycles. The van der Waals surface area contributed by atoms with Gasteiger partial charge >= 0.3 is 5.97 Å². The van der Waals surface area contributed by atoms with Crippen LogP contribution in [0.25, 0.3) is 10.8 Å². The van der Waals surface area contributed by atoms with E-state index in [1.807, 2.05) is 36.4 Å². The van der Waals surface area contributed by atoms with E-state index in [4.69, 9.17) is 10.8 Å². The highest BCUT2D eigenvalue weighted by atomic mass is 16.4. The third-order valence-electron chi connectivity index (χ3n) is 3.36. The number of benzene rings is 2. The molecule has 0 radical (unpaired) electrons. The molecule has 0 spiro atoms. The Bertz CT molecular complexity index is 829. The summed E-state index contributed by atoms with van der Waals surface area (Å²) >= 11 is 0. The largest absolute Gasteiger partial charge is 0.481 e. The summed E-state index contributed by atoms with van der Waals surface area (Å²) in [6.07, 6.45) is 1.75. The van der Waals surface area contributed by atoms with Gasteiger partial charge in [-0.3, -0.25) is 4.79 Å². The standard InChI is InChI=1S/C17H15N3O2/c18-13-4-3-12-7-8-19-17(15(12)10-13)20-14-5-1-11(2-6-14)9-16(21)22/h1-8,10H,9,18H2,(H,19,20)(H,21,22). The number of carboxylic acids is 1. The van der Waals surface area contributed by atoms with Gasteiger partial charge in [-0.15, -0.1) is 0 Å². The van der Waals surface area contributed by atoms with Crippen LogP contribution in [0.2, 0.25) is 0 Å². The molecule has 5 heteroatoms. The fourth-order valence-electron chi connectivity index (χ4n) is 2.30. The summed E-state index contributed by atoms with van der Waals surface area (Å²) in [6.45, 7) is 0. The van der Waals surface area contributed by atoms with E-state index in [1.165, 1.54) is 0 Å². The van der Waals surface area contributed by atoms with Crippen LogP contribution in [-0.2, 0) is 11.2 Å². The Morgan fingerprint density at radius 3 is 2.64 bits per heavy atom. The summed E-state index contributed by atoms with van der Waals surface area (Å²) in [5, 5.41) is 14.0. The zero-order valence-corrected chi connectivity index (χ0v) is 11.8. The molecule has 4 N–H and O–H groups in total. The van der Waals surface area contributed by atoms with Crippen LogP contribution < -0.4 is 11.1 Å². The Morgan fingerprint density at radius 2 is 1.91 bits per heavy atom. The van der Waals surface area contributed by atoms with E-state index in [9.17, 15) is 4.79 Å². The molecule has 0 saturated carbocycles. The number of carboxylic acid groups (broad SMARTS) is 1. The summed E-state index contributed by atoms with van der Waals surface area (Å²) in [5.74, 6) is -0.123. The first-order chi connectivity index (χ1) is 10.6. The van der Waals surface area contributed by atoms with Gasteiger partial charge in [-0.25, -0.2) is 4.98 Å². The first kappa shape index (κ1) is 13.9. The number of hydrogen-bond acceptors (Lipinski definition) is 4. The minimum atomic E-state index is -0.841. The van der Waals surface area contributed by atoms with Gasteiger partial charge in [0.15, 0.2) is 0 Å². The molecule has 110 valence electrons. The monoisotopic (exact) mass is 293 g/mol. The van der Waals surface area contributed by atoms with Crippen molar-refractivity contribution in [2.75, 3.05) is 11.1 Å². The highest BCUT2D eigenvalue weighted by Gasteiger charge is 2.04. The predicted octanol–water partition coefficient (Wildman–Crippen LogP) is 3.19. The van der Waals surface area contributed by atoms with E-state index in [1.54, 1.807) is 18.3 Å². The van der Waals surface area contributed by atoms with E-state index in [-0.39, 0.29) is 6.42 Å². The maximum atomic E-state index is 10.7. The van der Waals surface area contributed by atoms with E-state index >= 15 is 0 Å². The van der Waals surface area contributed by atoms with Gasteiger partial charge in [-0.2, -0.15) is 0 Å². The van der Waals surface area contributed by atoms with Crippen LogP contribution in [0.5, 0.6) is 0 Å². The SMILES string of the molecule is Nc1ccc2ccnc(Nc3ccc(CC(=O)O)cc3)c2c1. The molecule has 0 unspecified atom stereocenters. The number of aliphatic carboxylic acids is 1. The topological polar surface area (TPSA) is 88.2 Å². The van der Waals surface area contributed by atoms with Gasteiger partial charge in [0, 0.05) is 23.0 Å². The molecule has 0 bridgehead atoms. The van der Waals surface area contributed by atoms with Crippen molar-refractivity contribution in [1.29, 1.82) is 0 Å². The predicted molar refractivity (Wildman–Crippen MR) is 87.2 cm³/mol. The van der Waals surface area contributed by atoms with Gasteiger partial charge in [-0.1, -0.05) is 18.2 Å². The fourth-order valence-corrected chi connectivity index (χ4v) is 2.30. The van der Waals surface area contributed by atoms with Crippen molar-refractivity contribution in [1.82, 2.24) is 4.98 Å². The molecule has 2 aromatic carbocycles. The lowest BCUT2D eigenvalue weighted by Gasteiger charge is -2.10. The van der Waals surface area contributed by atoms with Crippen LogP contribution in [0.15, 0.2) is 54.7 Å². The van der Waals surface area contributed by atoms with Crippen molar-refractivity contribution < 1.29 is 9.90 Å². The second-order valence-corrected chi connectivity index (χ2v) is 5.03. The van der Waals surface area contributed by atoms with E-state index in [2.05, 4.69) is 10.3 Å². The molecule has 0 aliphatic rings. The van der Waals surface area contributed by atoms with Crippen molar-refractivity contribution in [2.45, 2.75) is 6.42 Å². The molecule has 0 atom stereocenters. The quantitative estimate of drug-likeness (QED) is 0.643. The number of pyridine rings is 1. The smallest absolute Gasteiger partial charge is 0.307 e. The van der Waals surface area contributed by atoms with Crippen LogP contribution in [-0.4, -0.2) is 16.1 Å². The van der Waals surface area contributed by atoms with Crippen LogP contribution in [0.1, 0.15) is 5.56 Å². The third kappa shape index (κ3) is 2.98. The second-order valence-electron chi connectivity index (χ2n) is 5.03. The third-order valence-corrected chi connectivity index (χ3v) is 3.36. The lowest BCUT2D eigenvalue weighted by Crippen LogP contribution is -2.00. The first-order valence-corrected chi connectivity index (χ1v) is 6.84. The zero-order valence-electron chi connectivity index (χ0n) is 11.8. The van der Waals surface area contributed by atoms with Crippen molar-refractivity contribution in [3.8, 4) is 0 Å². The molecule has 0 saturated heterocycles. The first-order valence-electron chi connectivity index (χ1n) is 6.84. The highest BCUT2D eigenvalue weighted by Crippen LogP contribution is 2.26. The molecule has 1 heterocycles. The molecular weight excluding hydrogens is 278 g/mol. The number of fused-ring (bicyclic) bond motifs is 1. The maximum Gasteiger partial charge on any atom is 0.307 e. The molecule has 0 fully saturated rings. The number of anilines is 3. The Balaban J connectivity index is 1.89. The molecule has 3 aromatic rings. The average molecular weight is 293 g/mol. The van der Waals surface area contributed by atoms with Crippen molar-refractivity contribution >= 4 is 33.9 Å². The summed E-state index contributed by atoms with van der Waals surface area (Å²) in [6, 6.07) is 14.9. The number of rotatable bonds is 4. The lowest BCUT2D eigenvalue weighted by molar-refractivity contribution is -0.136. The number of aromatic nitrogens is 1. The van der Waals surface area contributed by atoms with Crippen molar-refractivity contribution in [2.24, 2.45) is 0 Å². The van der Waals surface area contributed by atoms with Gasteiger partial charge in [0.1, 0.15) is 5.82 Å². The number of hydrogen-bond donors (Lipinski definition) is 3. The lowest BCUT2D eigenvalue weighted by atomic mass is 10.1. The maximum absolute atomic E-state index is 10.7. The molecule has 3 rings (SSSR count). The van der Waals surface area contributed by atoms with Crippen LogP contribution in [0.4, 0.5) is 17.2 Å².